The Hall–Kier alpha value is -3.41. The Morgan fingerprint density at radius 2 is 2.12 bits per heavy atom. The van der Waals surface area contributed by atoms with Crippen molar-refractivity contribution < 1.29 is 4.79 Å². The van der Waals surface area contributed by atoms with Crippen LogP contribution in [0.5, 0.6) is 0 Å². The van der Waals surface area contributed by atoms with E-state index in [9.17, 15) is 4.79 Å². The normalized spacial score (nSPS) is 10.9. The van der Waals surface area contributed by atoms with E-state index < -0.39 is 0 Å². The highest BCUT2D eigenvalue weighted by Crippen LogP contribution is 2.27. The lowest BCUT2D eigenvalue weighted by molar-refractivity contribution is 0.0780. The van der Waals surface area contributed by atoms with Crippen molar-refractivity contribution in [1.82, 2.24) is 24.8 Å². The molecule has 4 heterocycles. The van der Waals surface area contributed by atoms with E-state index in [0.717, 1.165) is 27.7 Å². The molecule has 25 heavy (non-hydrogen) atoms. The Morgan fingerprint density at radius 3 is 2.96 bits per heavy atom. The van der Waals surface area contributed by atoms with Crippen LogP contribution in [0.4, 0.5) is 0 Å². The van der Waals surface area contributed by atoms with E-state index in [1.165, 1.54) is 0 Å². The van der Waals surface area contributed by atoms with E-state index in [0.29, 0.717) is 12.2 Å². The second-order valence-corrected chi connectivity index (χ2v) is 5.92. The molecule has 6 heteroatoms. The van der Waals surface area contributed by atoms with Gasteiger partial charge in [-0.25, -0.2) is 4.98 Å². The highest BCUT2D eigenvalue weighted by Gasteiger charge is 2.16. The molecule has 4 aromatic rings. The summed E-state index contributed by atoms with van der Waals surface area (Å²) in [5.74, 6) is -0.0607. The zero-order chi connectivity index (χ0) is 17.2. The first kappa shape index (κ1) is 15.1. The number of aromatic amines is 2. The average Bonchev–Trinajstić information content (AvgIpc) is 3.31. The van der Waals surface area contributed by atoms with Crippen molar-refractivity contribution in [3.8, 4) is 11.1 Å². The van der Waals surface area contributed by atoms with E-state index in [-0.39, 0.29) is 5.91 Å². The summed E-state index contributed by atoms with van der Waals surface area (Å²) in [5, 5.41) is 1.03. The largest absolute Gasteiger partial charge is 0.357 e. The molecular weight excluding hydrogens is 314 g/mol. The third kappa shape index (κ3) is 2.89. The van der Waals surface area contributed by atoms with Crippen molar-refractivity contribution in [2.24, 2.45) is 0 Å². The molecule has 2 N–H and O–H groups in total. The van der Waals surface area contributed by atoms with Crippen LogP contribution in [0.3, 0.4) is 0 Å². The smallest absolute Gasteiger partial charge is 0.270 e. The van der Waals surface area contributed by atoms with Crippen molar-refractivity contribution in [3.05, 3.63) is 72.6 Å². The summed E-state index contributed by atoms with van der Waals surface area (Å²) in [4.78, 5) is 28.9. The van der Waals surface area contributed by atoms with Gasteiger partial charge in [0.2, 0.25) is 0 Å². The van der Waals surface area contributed by atoms with Gasteiger partial charge in [0, 0.05) is 55.5 Å². The number of hydrogen-bond donors (Lipinski definition) is 2. The molecule has 6 nitrogen and oxygen atoms in total. The molecule has 0 saturated carbocycles. The van der Waals surface area contributed by atoms with Gasteiger partial charge in [-0.05, 0) is 35.4 Å². The van der Waals surface area contributed by atoms with Crippen LogP contribution < -0.4 is 0 Å². The first-order valence-electron chi connectivity index (χ1n) is 7.97. The molecule has 0 bridgehead atoms. The second-order valence-electron chi connectivity index (χ2n) is 5.92. The van der Waals surface area contributed by atoms with E-state index in [2.05, 4.69) is 19.9 Å². The number of fused-ring (bicyclic) bond motifs is 1. The summed E-state index contributed by atoms with van der Waals surface area (Å²) in [5.41, 5.74) is 4.39. The third-order valence-electron chi connectivity index (χ3n) is 4.17. The monoisotopic (exact) mass is 331 g/mol. The van der Waals surface area contributed by atoms with Crippen molar-refractivity contribution >= 4 is 16.9 Å². The summed E-state index contributed by atoms with van der Waals surface area (Å²) in [6, 6.07) is 9.64. The Morgan fingerprint density at radius 1 is 1.20 bits per heavy atom. The molecule has 4 aromatic heterocycles. The van der Waals surface area contributed by atoms with Crippen LogP contribution in [-0.2, 0) is 6.54 Å². The van der Waals surface area contributed by atoms with Crippen LogP contribution in [0.15, 0.2) is 61.3 Å². The van der Waals surface area contributed by atoms with Crippen LogP contribution in [0.25, 0.3) is 22.2 Å². The number of rotatable bonds is 4. The molecule has 0 atom stereocenters. The Balaban J connectivity index is 1.58. The van der Waals surface area contributed by atoms with Crippen LogP contribution in [0.2, 0.25) is 0 Å². The summed E-state index contributed by atoms with van der Waals surface area (Å²) in [6.45, 7) is 0.512. The van der Waals surface area contributed by atoms with Gasteiger partial charge < -0.3 is 14.9 Å². The van der Waals surface area contributed by atoms with E-state index in [1.54, 1.807) is 30.5 Å². The lowest BCUT2D eigenvalue weighted by Crippen LogP contribution is -2.26. The first-order chi connectivity index (χ1) is 12.2. The Kier molecular flexibility index (Phi) is 3.78. The fourth-order valence-corrected chi connectivity index (χ4v) is 2.93. The van der Waals surface area contributed by atoms with Crippen molar-refractivity contribution in [2.45, 2.75) is 6.54 Å². The van der Waals surface area contributed by atoms with Gasteiger partial charge in [0.25, 0.3) is 5.91 Å². The number of H-pyrrole nitrogens is 2. The van der Waals surface area contributed by atoms with Crippen LogP contribution >= 0.6 is 0 Å². The molecule has 1 amide bonds. The first-order valence-corrected chi connectivity index (χ1v) is 7.97. The van der Waals surface area contributed by atoms with Crippen molar-refractivity contribution in [2.75, 3.05) is 7.05 Å². The molecule has 124 valence electrons. The molecule has 0 fully saturated rings. The minimum absolute atomic E-state index is 0.0607. The minimum atomic E-state index is -0.0607. The number of aromatic nitrogens is 4. The average molecular weight is 331 g/mol. The van der Waals surface area contributed by atoms with E-state index in [4.69, 9.17) is 0 Å². The molecule has 0 spiro atoms. The number of carbonyl (C=O) groups excluding carboxylic acids is 1. The fraction of sp³-hybridized carbons (Fsp3) is 0.105. The number of hydrogen-bond acceptors (Lipinski definition) is 3. The quantitative estimate of drug-likeness (QED) is 0.603. The molecule has 0 aromatic carbocycles. The van der Waals surface area contributed by atoms with Crippen LogP contribution in [0.1, 0.15) is 16.1 Å². The topological polar surface area (TPSA) is 77.7 Å². The van der Waals surface area contributed by atoms with Gasteiger partial charge in [0.05, 0.1) is 0 Å². The Labute approximate surface area is 144 Å². The van der Waals surface area contributed by atoms with E-state index in [1.807, 2.05) is 42.7 Å². The van der Waals surface area contributed by atoms with Crippen molar-refractivity contribution in [3.63, 3.8) is 0 Å². The predicted molar refractivity (Wildman–Crippen MR) is 95.9 cm³/mol. The maximum atomic E-state index is 12.7. The fourth-order valence-electron chi connectivity index (χ4n) is 2.93. The zero-order valence-corrected chi connectivity index (χ0v) is 13.7. The Bertz CT molecular complexity index is 1020. The van der Waals surface area contributed by atoms with Gasteiger partial charge in [-0.1, -0.05) is 6.07 Å². The molecular formula is C19H17N5O. The predicted octanol–water partition coefficient (Wildman–Crippen LogP) is 3.23. The lowest BCUT2D eigenvalue weighted by Gasteiger charge is -2.16. The van der Waals surface area contributed by atoms with Crippen LogP contribution in [0, 0.1) is 0 Å². The highest BCUT2D eigenvalue weighted by molar-refractivity contribution is 5.97. The number of carbonyl (C=O) groups is 1. The molecule has 0 radical (unpaired) electrons. The van der Waals surface area contributed by atoms with Gasteiger partial charge in [-0.15, -0.1) is 0 Å². The maximum absolute atomic E-state index is 12.7. The summed E-state index contributed by atoms with van der Waals surface area (Å²) in [7, 11) is 1.78. The zero-order valence-electron chi connectivity index (χ0n) is 13.7. The van der Waals surface area contributed by atoms with Gasteiger partial charge >= 0.3 is 0 Å². The molecule has 0 aliphatic carbocycles. The third-order valence-corrected chi connectivity index (χ3v) is 4.17. The van der Waals surface area contributed by atoms with Gasteiger partial charge in [-0.2, -0.15) is 0 Å². The van der Waals surface area contributed by atoms with Crippen LogP contribution in [-0.4, -0.2) is 37.8 Å². The summed E-state index contributed by atoms with van der Waals surface area (Å²) in [6.07, 6.45) is 8.97. The maximum Gasteiger partial charge on any atom is 0.270 e. The molecule has 0 saturated heterocycles. The number of nitrogens with one attached hydrogen (secondary N) is 2. The number of amides is 1. The highest BCUT2D eigenvalue weighted by atomic mass is 16.2. The molecule has 0 aliphatic heterocycles. The van der Waals surface area contributed by atoms with Gasteiger partial charge in [0.1, 0.15) is 11.3 Å². The second kappa shape index (κ2) is 6.24. The number of nitrogens with zero attached hydrogens (tertiary/aromatic N) is 3. The van der Waals surface area contributed by atoms with Crippen molar-refractivity contribution in [1.29, 1.82) is 0 Å². The molecule has 0 aliphatic rings. The standard InChI is InChI=1S/C19H17N5O/c1-24(12-13-3-2-6-20-10-13)19(25)17-9-14(11-23-17)15-4-7-21-18-16(15)5-8-22-18/h2-11,23H,12H2,1H3,(H,21,22). The molecule has 4 rings (SSSR count). The molecule has 0 unspecified atom stereocenters. The summed E-state index contributed by atoms with van der Waals surface area (Å²) >= 11 is 0. The van der Waals surface area contributed by atoms with Gasteiger partial charge in [-0.3, -0.25) is 9.78 Å². The SMILES string of the molecule is CN(Cc1cccnc1)C(=O)c1cc(-c2ccnc3[nH]ccc23)c[nH]1. The lowest BCUT2D eigenvalue weighted by atomic mass is 10.1. The number of pyridine rings is 2. The van der Waals surface area contributed by atoms with Gasteiger partial charge in [0.15, 0.2) is 0 Å². The summed E-state index contributed by atoms with van der Waals surface area (Å²) < 4.78 is 0. The minimum Gasteiger partial charge on any atom is -0.357 e. The van der Waals surface area contributed by atoms with E-state index >= 15 is 0 Å².